The molecule has 1 saturated carbocycles. The normalized spacial score (nSPS) is 13.7. The average molecular weight is 380 g/mol. The summed E-state index contributed by atoms with van der Waals surface area (Å²) in [6, 6.07) is 19.4. The van der Waals surface area contributed by atoms with E-state index >= 15 is 0 Å². The van der Waals surface area contributed by atoms with Crippen LogP contribution in [0.3, 0.4) is 0 Å². The molecule has 1 fully saturated rings. The lowest BCUT2D eigenvalue weighted by molar-refractivity contribution is 0.740. The molecule has 1 aliphatic rings. The van der Waals surface area contributed by atoms with Gasteiger partial charge in [-0.15, -0.1) is 0 Å². The predicted octanol–water partition coefficient (Wildman–Crippen LogP) is 6.37. The first-order chi connectivity index (χ1) is 14.1. The van der Waals surface area contributed by atoms with Gasteiger partial charge in [-0.25, -0.2) is 9.97 Å². The van der Waals surface area contributed by atoms with Crippen LogP contribution in [-0.4, -0.2) is 14.5 Å². The van der Waals surface area contributed by atoms with E-state index in [2.05, 4.69) is 78.5 Å². The molecule has 3 heteroatoms. The van der Waals surface area contributed by atoms with Gasteiger partial charge in [0.25, 0.3) is 0 Å². The number of aromatic nitrogens is 3. The van der Waals surface area contributed by atoms with Crippen molar-refractivity contribution in [2.45, 2.75) is 39.2 Å². The van der Waals surface area contributed by atoms with Crippen molar-refractivity contribution >= 4 is 16.7 Å². The van der Waals surface area contributed by atoms with E-state index in [-0.39, 0.29) is 0 Å². The van der Waals surface area contributed by atoms with Gasteiger partial charge in [-0.2, -0.15) is 0 Å². The van der Waals surface area contributed by atoms with Gasteiger partial charge in [-0.3, -0.25) is 0 Å². The van der Waals surface area contributed by atoms with Crippen LogP contribution in [0.4, 0.5) is 0 Å². The number of rotatable bonds is 5. The largest absolute Gasteiger partial charge is 0.308 e. The zero-order chi connectivity index (χ0) is 20.0. The number of nitrogens with zero attached hydrogens (tertiary/aromatic N) is 3. The second kappa shape index (κ2) is 7.00. The van der Waals surface area contributed by atoms with Crippen LogP contribution in [-0.2, 0) is 6.54 Å². The molecule has 4 aromatic rings. The van der Waals surface area contributed by atoms with Gasteiger partial charge in [0, 0.05) is 12.1 Å². The molecule has 2 heterocycles. The Kier molecular flexibility index (Phi) is 4.31. The second-order valence-electron chi connectivity index (χ2n) is 8.15. The lowest BCUT2D eigenvalue weighted by atomic mass is 9.95. The van der Waals surface area contributed by atoms with Gasteiger partial charge in [-0.05, 0) is 60.6 Å². The molecular weight excluding hydrogens is 354 g/mol. The summed E-state index contributed by atoms with van der Waals surface area (Å²) in [7, 11) is 0. The minimum Gasteiger partial charge on any atom is -0.308 e. The maximum absolute atomic E-state index is 4.96. The van der Waals surface area contributed by atoms with Gasteiger partial charge in [-0.1, -0.05) is 60.7 Å². The third-order valence-electron chi connectivity index (χ3n) is 5.80. The van der Waals surface area contributed by atoms with Crippen molar-refractivity contribution in [2.75, 3.05) is 0 Å². The smallest absolute Gasteiger partial charge is 0.160 e. The fraction of sp³-hybridized carbons (Fsp3) is 0.231. The Balaban J connectivity index is 1.51. The molecule has 5 rings (SSSR count). The Morgan fingerprint density at radius 2 is 1.83 bits per heavy atom. The summed E-state index contributed by atoms with van der Waals surface area (Å²) >= 11 is 0. The quantitative estimate of drug-likeness (QED) is 0.403. The average Bonchev–Trinajstić information content (AvgIpc) is 3.51. The summed E-state index contributed by atoms with van der Waals surface area (Å²) in [5, 5.41) is 0. The molecule has 0 radical (unpaired) electrons. The van der Waals surface area contributed by atoms with E-state index in [0.717, 1.165) is 23.3 Å². The second-order valence-corrected chi connectivity index (χ2v) is 8.15. The summed E-state index contributed by atoms with van der Waals surface area (Å²) in [6.07, 6.45) is 4.36. The van der Waals surface area contributed by atoms with Crippen molar-refractivity contribution in [3.8, 4) is 11.1 Å². The van der Waals surface area contributed by atoms with E-state index in [4.69, 9.17) is 4.98 Å². The van der Waals surface area contributed by atoms with Crippen LogP contribution in [0.2, 0.25) is 0 Å². The standard InChI is InChI=1S/C26H25N3/c1-17(2)22-6-4-5-7-23(22)20-10-8-19(9-11-20)16-29-25(21-12-13-21)28-24-18(3)14-15-27-26(24)29/h4-11,14-15,21H,1,12-13,16H2,2-3H3. The van der Waals surface area contributed by atoms with E-state index in [1.165, 1.54) is 46.5 Å². The zero-order valence-electron chi connectivity index (χ0n) is 17.0. The van der Waals surface area contributed by atoms with Crippen LogP contribution in [0.5, 0.6) is 0 Å². The van der Waals surface area contributed by atoms with Crippen LogP contribution >= 0.6 is 0 Å². The molecule has 0 unspecified atom stereocenters. The predicted molar refractivity (Wildman–Crippen MR) is 120 cm³/mol. The number of pyridine rings is 1. The molecule has 1 aliphatic carbocycles. The topological polar surface area (TPSA) is 30.7 Å². The highest BCUT2D eigenvalue weighted by Crippen LogP contribution is 2.41. The van der Waals surface area contributed by atoms with E-state index in [0.29, 0.717) is 5.92 Å². The summed E-state index contributed by atoms with van der Waals surface area (Å²) in [4.78, 5) is 9.61. The molecule has 0 bridgehead atoms. The Morgan fingerprint density at radius 3 is 2.55 bits per heavy atom. The summed E-state index contributed by atoms with van der Waals surface area (Å²) in [5.74, 6) is 1.78. The number of aryl methyl sites for hydroxylation is 1. The van der Waals surface area contributed by atoms with Crippen LogP contribution < -0.4 is 0 Å². The lowest BCUT2D eigenvalue weighted by Gasteiger charge is -2.12. The molecule has 0 spiro atoms. The molecule has 3 nitrogen and oxygen atoms in total. The molecule has 29 heavy (non-hydrogen) atoms. The third-order valence-corrected chi connectivity index (χ3v) is 5.80. The van der Waals surface area contributed by atoms with E-state index in [9.17, 15) is 0 Å². The first kappa shape index (κ1) is 17.9. The van der Waals surface area contributed by atoms with Crippen molar-refractivity contribution < 1.29 is 0 Å². The summed E-state index contributed by atoms with van der Waals surface area (Å²) in [6.45, 7) is 9.11. The van der Waals surface area contributed by atoms with Gasteiger partial charge in [0.1, 0.15) is 11.3 Å². The number of hydrogen-bond acceptors (Lipinski definition) is 2. The van der Waals surface area contributed by atoms with Gasteiger partial charge in [0.05, 0.1) is 6.54 Å². The van der Waals surface area contributed by atoms with Gasteiger partial charge in [0.15, 0.2) is 5.65 Å². The van der Waals surface area contributed by atoms with E-state index in [1.807, 2.05) is 12.3 Å². The van der Waals surface area contributed by atoms with Crippen LogP contribution in [0.1, 0.15) is 48.2 Å². The van der Waals surface area contributed by atoms with E-state index < -0.39 is 0 Å². The third kappa shape index (κ3) is 3.27. The first-order valence-corrected chi connectivity index (χ1v) is 10.3. The van der Waals surface area contributed by atoms with Crippen LogP contribution in [0.25, 0.3) is 27.9 Å². The lowest BCUT2D eigenvalue weighted by Crippen LogP contribution is -2.05. The summed E-state index contributed by atoms with van der Waals surface area (Å²) in [5.41, 5.74) is 9.26. The maximum Gasteiger partial charge on any atom is 0.160 e. The van der Waals surface area contributed by atoms with Gasteiger partial charge in [0.2, 0.25) is 0 Å². The van der Waals surface area contributed by atoms with Crippen molar-refractivity contribution in [1.29, 1.82) is 0 Å². The molecule has 0 N–H and O–H groups in total. The zero-order valence-corrected chi connectivity index (χ0v) is 17.0. The van der Waals surface area contributed by atoms with Crippen LogP contribution in [0, 0.1) is 6.92 Å². The fourth-order valence-corrected chi connectivity index (χ4v) is 4.04. The number of fused-ring (bicyclic) bond motifs is 1. The monoisotopic (exact) mass is 379 g/mol. The van der Waals surface area contributed by atoms with Crippen molar-refractivity contribution in [2.24, 2.45) is 0 Å². The van der Waals surface area contributed by atoms with Crippen molar-refractivity contribution in [1.82, 2.24) is 14.5 Å². The highest BCUT2D eigenvalue weighted by atomic mass is 15.1. The fourth-order valence-electron chi connectivity index (χ4n) is 4.04. The maximum atomic E-state index is 4.96. The molecule has 0 aliphatic heterocycles. The van der Waals surface area contributed by atoms with Gasteiger partial charge < -0.3 is 4.57 Å². The van der Waals surface area contributed by atoms with Crippen molar-refractivity contribution in [3.05, 3.63) is 89.9 Å². The number of allylic oxidation sites excluding steroid dienone is 1. The molecule has 0 atom stereocenters. The van der Waals surface area contributed by atoms with Crippen LogP contribution in [0.15, 0.2) is 67.4 Å². The Labute approximate surface area is 171 Å². The number of imidazole rings is 1. The Bertz CT molecular complexity index is 1210. The minimum absolute atomic E-state index is 0.588. The van der Waals surface area contributed by atoms with E-state index in [1.54, 1.807) is 0 Å². The highest BCUT2D eigenvalue weighted by molar-refractivity contribution is 5.80. The number of hydrogen-bond donors (Lipinski definition) is 0. The molecular formula is C26H25N3. The SMILES string of the molecule is C=C(C)c1ccccc1-c1ccc(Cn2c(C3CC3)nc3c(C)ccnc32)cc1. The molecule has 2 aromatic carbocycles. The number of benzene rings is 2. The summed E-state index contributed by atoms with van der Waals surface area (Å²) < 4.78 is 2.32. The molecule has 0 amide bonds. The first-order valence-electron chi connectivity index (χ1n) is 10.3. The minimum atomic E-state index is 0.588. The highest BCUT2D eigenvalue weighted by Gasteiger charge is 2.30. The van der Waals surface area contributed by atoms with Gasteiger partial charge >= 0.3 is 0 Å². The Morgan fingerprint density at radius 1 is 1.07 bits per heavy atom. The Hall–Kier alpha value is -3.20. The van der Waals surface area contributed by atoms with Crippen molar-refractivity contribution in [3.63, 3.8) is 0 Å². The molecule has 2 aromatic heterocycles. The molecule has 144 valence electrons. The molecule has 0 saturated heterocycles.